The zero-order valence-corrected chi connectivity index (χ0v) is 18.3. The van der Waals surface area contributed by atoms with Crippen LogP contribution in [0.2, 0.25) is 0 Å². The van der Waals surface area contributed by atoms with Crippen LogP contribution in [0.1, 0.15) is 90.9 Å². The molecule has 0 amide bonds. The molecule has 0 aliphatic heterocycles. The standard InChI is InChI=1S/C26H42O2/c1-3-5-22-11-13-23(14-12-22)6-4-19-27-25-15-17-26(18-16-25)28-20-24-9-7-21(2)8-10-24/h15-18,21-24H,3-14,19-20H2,1-2H3/t21-,22-,23-,24-. The molecule has 158 valence electrons. The van der Waals surface area contributed by atoms with Crippen molar-refractivity contribution in [3.05, 3.63) is 24.3 Å². The molecule has 0 atom stereocenters. The minimum atomic E-state index is 0.740. The summed E-state index contributed by atoms with van der Waals surface area (Å²) in [6.07, 6.45) is 16.5. The number of hydrogen-bond acceptors (Lipinski definition) is 2. The third-order valence-electron chi connectivity index (χ3n) is 7.13. The van der Waals surface area contributed by atoms with Crippen LogP contribution in [0.25, 0.3) is 0 Å². The highest BCUT2D eigenvalue weighted by Gasteiger charge is 2.20. The van der Waals surface area contributed by atoms with E-state index >= 15 is 0 Å². The summed E-state index contributed by atoms with van der Waals surface area (Å²) in [5.41, 5.74) is 0. The molecule has 2 nitrogen and oxygen atoms in total. The summed E-state index contributed by atoms with van der Waals surface area (Å²) in [5.74, 6) is 5.56. The highest BCUT2D eigenvalue weighted by molar-refractivity contribution is 5.31. The lowest BCUT2D eigenvalue weighted by molar-refractivity contribution is 0.188. The molecule has 0 saturated heterocycles. The number of hydrogen-bond donors (Lipinski definition) is 0. The smallest absolute Gasteiger partial charge is 0.119 e. The summed E-state index contributed by atoms with van der Waals surface area (Å²) in [6.45, 7) is 6.40. The topological polar surface area (TPSA) is 18.5 Å². The van der Waals surface area contributed by atoms with Crippen LogP contribution >= 0.6 is 0 Å². The lowest BCUT2D eigenvalue weighted by Gasteiger charge is -2.28. The van der Waals surface area contributed by atoms with Crippen LogP contribution in [-0.2, 0) is 0 Å². The quantitative estimate of drug-likeness (QED) is 0.384. The molecule has 2 aliphatic rings. The van der Waals surface area contributed by atoms with E-state index in [2.05, 4.69) is 38.1 Å². The first-order valence-corrected chi connectivity index (χ1v) is 12.1. The molecule has 0 heterocycles. The van der Waals surface area contributed by atoms with Gasteiger partial charge >= 0.3 is 0 Å². The average molecular weight is 387 g/mol. The Kier molecular flexibility index (Phi) is 9.02. The largest absolute Gasteiger partial charge is 0.494 e. The van der Waals surface area contributed by atoms with Crippen LogP contribution in [0.4, 0.5) is 0 Å². The molecule has 2 heteroatoms. The van der Waals surface area contributed by atoms with Gasteiger partial charge in [-0.05, 0) is 73.6 Å². The van der Waals surface area contributed by atoms with Crippen molar-refractivity contribution in [3.63, 3.8) is 0 Å². The Morgan fingerprint density at radius 1 is 0.714 bits per heavy atom. The normalized spacial score (nSPS) is 28.1. The second-order valence-electron chi connectivity index (χ2n) is 9.57. The van der Waals surface area contributed by atoms with Crippen LogP contribution in [0, 0.1) is 23.7 Å². The van der Waals surface area contributed by atoms with Gasteiger partial charge in [-0.15, -0.1) is 0 Å². The van der Waals surface area contributed by atoms with E-state index in [4.69, 9.17) is 9.47 Å². The van der Waals surface area contributed by atoms with Gasteiger partial charge in [-0.1, -0.05) is 65.2 Å². The maximum atomic E-state index is 6.01. The summed E-state index contributed by atoms with van der Waals surface area (Å²) in [7, 11) is 0. The van der Waals surface area contributed by atoms with Crippen LogP contribution in [0.15, 0.2) is 24.3 Å². The van der Waals surface area contributed by atoms with Gasteiger partial charge in [-0.3, -0.25) is 0 Å². The lowest BCUT2D eigenvalue weighted by atomic mass is 9.78. The second kappa shape index (κ2) is 11.7. The van der Waals surface area contributed by atoms with Gasteiger partial charge in [0, 0.05) is 0 Å². The Morgan fingerprint density at radius 3 is 1.86 bits per heavy atom. The van der Waals surface area contributed by atoms with Gasteiger partial charge in [0.25, 0.3) is 0 Å². The highest BCUT2D eigenvalue weighted by atomic mass is 16.5. The van der Waals surface area contributed by atoms with E-state index in [0.717, 1.165) is 48.4 Å². The molecule has 1 aromatic carbocycles. The van der Waals surface area contributed by atoms with Crippen LogP contribution in [0.5, 0.6) is 11.5 Å². The molecule has 3 rings (SSSR count). The molecular formula is C26H42O2. The summed E-state index contributed by atoms with van der Waals surface area (Å²) in [5, 5.41) is 0. The van der Waals surface area contributed by atoms with Gasteiger partial charge in [0.1, 0.15) is 11.5 Å². The SMILES string of the molecule is CCC[C@H]1CC[C@H](CCCOc2ccc(OC[C@H]3CC[C@H](C)CC3)cc2)CC1. The number of ether oxygens (including phenoxy) is 2. The van der Waals surface area contributed by atoms with Crippen molar-refractivity contribution in [3.8, 4) is 11.5 Å². The van der Waals surface area contributed by atoms with E-state index < -0.39 is 0 Å². The van der Waals surface area contributed by atoms with Crippen molar-refractivity contribution in [1.29, 1.82) is 0 Å². The van der Waals surface area contributed by atoms with Crippen molar-refractivity contribution in [2.75, 3.05) is 13.2 Å². The fraction of sp³-hybridized carbons (Fsp3) is 0.769. The minimum Gasteiger partial charge on any atom is -0.494 e. The lowest BCUT2D eigenvalue weighted by Crippen LogP contribution is -2.18. The first-order valence-electron chi connectivity index (χ1n) is 12.1. The van der Waals surface area contributed by atoms with E-state index in [1.807, 2.05) is 0 Å². The molecule has 1 aromatic rings. The first-order chi connectivity index (χ1) is 13.7. The summed E-state index contributed by atoms with van der Waals surface area (Å²) < 4.78 is 12.0. The zero-order valence-electron chi connectivity index (χ0n) is 18.3. The molecule has 0 radical (unpaired) electrons. The van der Waals surface area contributed by atoms with E-state index in [1.165, 1.54) is 77.0 Å². The molecule has 2 saturated carbocycles. The number of rotatable bonds is 10. The zero-order chi connectivity index (χ0) is 19.6. The summed E-state index contributed by atoms with van der Waals surface area (Å²) in [4.78, 5) is 0. The van der Waals surface area contributed by atoms with E-state index in [9.17, 15) is 0 Å². The summed E-state index contributed by atoms with van der Waals surface area (Å²) in [6, 6.07) is 8.26. The summed E-state index contributed by atoms with van der Waals surface area (Å²) >= 11 is 0. The van der Waals surface area contributed by atoms with Gasteiger partial charge in [-0.25, -0.2) is 0 Å². The molecular weight excluding hydrogens is 344 g/mol. The number of benzene rings is 1. The monoisotopic (exact) mass is 386 g/mol. The van der Waals surface area contributed by atoms with Crippen molar-refractivity contribution in [2.45, 2.75) is 90.9 Å². The molecule has 0 aromatic heterocycles. The van der Waals surface area contributed by atoms with E-state index in [1.54, 1.807) is 0 Å². The van der Waals surface area contributed by atoms with Crippen LogP contribution in [-0.4, -0.2) is 13.2 Å². The Balaban J connectivity index is 1.26. The fourth-order valence-corrected chi connectivity index (χ4v) is 5.12. The fourth-order valence-electron chi connectivity index (χ4n) is 5.12. The third-order valence-corrected chi connectivity index (χ3v) is 7.13. The molecule has 2 fully saturated rings. The molecule has 2 aliphatic carbocycles. The van der Waals surface area contributed by atoms with Gasteiger partial charge in [-0.2, -0.15) is 0 Å². The van der Waals surface area contributed by atoms with Gasteiger partial charge in [0.05, 0.1) is 13.2 Å². The van der Waals surface area contributed by atoms with Crippen molar-refractivity contribution < 1.29 is 9.47 Å². The molecule has 0 spiro atoms. The predicted octanol–water partition coefficient (Wildman–Crippen LogP) is 7.66. The van der Waals surface area contributed by atoms with Gasteiger partial charge in [0.2, 0.25) is 0 Å². The van der Waals surface area contributed by atoms with Crippen LogP contribution < -0.4 is 9.47 Å². The average Bonchev–Trinajstić information content (AvgIpc) is 2.73. The molecule has 0 N–H and O–H groups in total. The first kappa shape index (κ1) is 21.5. The molecule has 0 unspecified atom stereocenters. The van der Waals surface area contributed by atoms with E-state index in [0.29, 0.717) is 0 Å². The maximum absolute atomic E-state index is 6.01. The van der Waals surface area contributed by atoms with Crippen molar-refractivity contribution >= 4 is 0 Å². The Labute approximate surface area is 173 Å². The second-order valence-corrected chi connectivity index (χ2v) is 9.57. The van der Waals surface area contributed by atoms with Gasteiger partial charge < -0.3 is 9.47 Å². The van der Waals surface area contributed by atoms with Gasteiger partial charge in [0.15, 0.2) is 0 Å². The minimum absolute atomic E-state index is 0.740. The van der Waals surface area contributed by atoms with Crippen molar-refractivity contribution in [2.24, 2.45) is 23.7 Å². The Hall–Kier alpha value is -1.18. The van der Waals surface area contributed by atoms with E-state index in [-0.39, 0.29) is 0 Å². The third kappa shape index (κ3) is 7.33. The van der Waals surface area contributed by atoms with Crippen molar-refractivity contribution in [1.82, 2.24) is 0 Å². The predicted molar refractivity (Wildman–Crippen MR) is 118 cm³/mol. The molecule has 0 bridgehead atoms. The Morgan fingerprint density at radius 2 is 1.25 bits per heavy atom. The molecule has 28 heavy (non-hydrogen) atoms. The highest BCUT2D eigenvalue weighted by Crippen LogP contribution is 2.34. The van der Waals surface area contributed by atoms with Crippen LogP contribution in [0.3, 0.4) is 0 Å². The Bertz CT molecular complexity index is 522. The maximum Gasteiger partial charge on any atom is 0.119 e.